The Labute approximate surface area is 42.7 Å². The topological polar surface area (TPSA) is 17.1 Å². The minimum absolute atomic E-state index is 1.08. The van der Waals surface area contributed by atoms with Gasteiger partial charge in [0, 0.05) is 12.5 Å². The molecular weight excluding hydrogens is 114 g/mol. The highest BCUT2D eigenvalue weighted by Crippen LogP contribution is 2.43. The van der Waals surface area contributed by atoms with Crippen LogP contribution in [0.4, 0.5) is 4.20 Å². The van der Waals surface area contributed by atoms with Crippen molar-refractivity contribution >= 4 is 7.45 Å². The van der Waals surface area contributed by atoms with Crippen LogP contribution in [0.3, 0.4) is 0 Å². The van der Waals surface area contributed by atoms with Crippen molar-refractivity contribution in [2.24, 2.45) is 0 Å². The molecule has 0 aromatic carbocycles. The monoisotopic (exact) mass is 122 g/mol. The lowest BCUT2D eigenvalue weighted by Crippen LogP contribution is -1.54. The summed E-state index contributed by atoms with van der Waals surface area (Å²) in [6, 6.07) is 0. The van der Waals surface area contributed by atoms with Gasteiger partial charge in [0.05, 0.1) is 0 Å². The lowest BCUT2D eigenvalue weighted by molar-refractivity contribution is 0.554. The maximum atomic E-state index is 11.9. The van der Waals surface area contributed by atoms with Gasteiger partial charge in [-0.15, -0.1) is 0 Å². The zero-order chi connectivity index (χ0) is 5.91. The van der Waals surface area contributed by atoms with Crippen LogP contribution < -0.4 is 0 Å². The first kappa shape index (κ1) is 6.90. The van der Waals surface area contributed by atoms with Gasteiger partial charge in [-0.1, -0.05) is 6.08 Å². The molecule has 0 radical (unpaired) electrons. The van der Waals surface area contributed by atoms with Gasteiger partial charge in [-0.25, -0.2) is 0 Å². The van der Waals surface area contributed by atoms with Crippen molar-refractivity contribution in [3.63, 3.8) is 0 Å². The Balaban J connectivity index is 3.82. The highest BCUT2D eigenvalue weighted by molar-refractivity contribution is 7.61. The third kappa shape index (κ3) is 5.90. The van der Waals surface area contributed by atoms with E-state index in [0.717, 1.165) is 12.5 Å². The van der Waals surface area contributed by atoms with Gasteiger partial charge in [0.25, 0.3) is 7.45 Å². The van der Waals surface area contributed by atoms with E-state index in [2.05, 4.69) is 0 Å². The van der Waals surface area contributed by atoms with E-state index in [4.69, 9.17) is 0 Å². The first-order valence-electron chi connectivity index (χ1n) is 1.97. The maximum absolute atomic E-state index is 11.9. The van der Waals surface area contributed by atoms with E-state index in [0.29, 0.717) is 0 Å². The number of hydrogen-bond donors (Lipinski definition) is 0. The molecule has 7 heavy (non-hydrogen) atoms. The van der Waals surface area contributed by atoms with Gasteiger partial charge < -0.3 is 0 Å². The number of rotatable bonds is 1. The van der Waals surface area contributed by atoms with E-state index < -0.39 is 7.45 Å². The van der Waals surface area contributed by atoms with E-state index in [1.165, 1.54) is 6.08 Å². The highest BCUT2D eigenvalue weighted by atomic mass is 31.2. The van der Waals surface area contributed by atoms with E-state index in [-0.39, 0.29) is 0 Å². The molecule has 0 saturated carbocycles. The molecule has 0 saturated heterocycles. The molecule has 0 aliphatic carbocycles. The molecule has 0 spiro atoms. The minimum atomic E-state index is -3.35. The molecule has 42 valence electrons. The van der Waals surface area contributed by atoms with Gasteiger partial charge in [-0.2, -0.15) is 4.20 Å². The summed E-state index contributed by atoms with van der Waals surface area (Å²) in [6.45, 7) is 2.71. The van der Waals surface area contributed by atoms with Crippen molar-refractivity contribution in [3.05, 3.63) is 11.9 Å². The standard InChI is InChI=1S/C4H8FOP/c1-3-4-7(2,5)6/h3-4H,1-2H3. The fourth-order valence-electron chi connectivity index (χ4n) is 0.266. The summed E-state index contributed by atoms with van der Waals surface area (Å²) in [7, 11) is -3.35. The predicted molar refractivity (Wildman–Crippen MR) is 29.5 cm³/mol. The van der Waals surface area contributed by atoms with Gasteiger partial charge >= 0.3 is 0 Å². The molecule has 0 bridgehead atoms. The van der Waals surface area contributed by atoms with Gasteiger partial charge in [0.2, 0.25) is 0 Å². The van der Waals surface area contributed by atoms with E-state index >= 15 is 0 Å². The van der Waals surface area contributed by atoms with Gasteiger partial charge in [-0.05, 0) is 6.92 Å². The minimum Gasteiger partial charge on any atom is -0.284 e. The molecule has 3 heteroatoms. The third-order valence-corrected chi connectivity index (χ3v) is 1.25. The molecular formula is C4H8FOP. The maximum Gasteiger partial charge on any atom is 0.262 e. The molecule has 1 atom stereocenters. The molecule has 0 N–H and O–H groups in total. The molecule has 1 unspecified atom stereocenters. The normalized spacial score (nSPS) is 19.9. The second-order valence-corrected chi connectivity index (χ2v) is 3.43. The first-order chi connectivity index (χ1) is 3.06. The predicted octanol–water partition coefficient (Wildman–Crippen LogP) is 2.40. The number of allylic oxidation sites excluding steroid dienone is 1. The van der Waals surface area contributed by atoms with Crippen molar-refractivity contribution in [3.8, 4) is 0 Å². The van der Waals surface area contributed by atoms with Crippen LogP contribution >= 0.6 is 7.45 Å². The average Bonchev–Trinajstić information content (AvgIpc) is 1.30. The van der Waals surface area contributed by atoms with Crippen molar-refractivity contribution in [1.82, 2.24) is 0 Å². The number of halogens is 1. The molecule has 0 aliphatic rings. The molecule has 0 aliphatic heterocycles. The molecule has 1 nitrogen and oxygen atoms in total. The van der Waals surface area contributed by atoms with Crippen LogP contribution in [0.2, 0.25) is 0 Å². The second-order valence-electron chi connectivity index (χ2n) is 1.36. The quantitative estimate of drug-likeness (QED) is 0.488. The second kappa shape index (κ2) is 2.27. The van der Waals surface area contributed by atoms with Gasteiger partial charge in [0.15, 0.2) is 0 Å². The summed E-state index contributed by atoms with van der Waals surface area (Å²) in [6.07, 6.45) is 1.45. The van der Waals surface area contributed by atoms with Crippen LogP contribution in [0, 0.1) is 0 Å². The summed E-state index contributed by atoms with van der Waals surface area (Å²) in [4.78, 5) is 0. The molecule has 0 aromatic heterocycles. The van der Waals surface area contributed by atoms with Crippen molar-refractivity contribution in [1.29, 1.82) is 0 Å². The van der Waals surface area contributed by atoms with Crippen molar-refractivity contribution in [2.45, 2.75) is 6.92 Å². The Morgan fingerprint density at radius 2 is 2.14 bits per heavy atom. The summed E-state index contributed by atoms with van der Waals surface area (Å²) in [5.41, 5.74) is 0. The van der Waals surface area contributed by atoms with Crippen molar-refractivity contribution < 1.29 is 8.76 Å². The summed E-state index contributed by atoms with van der Waals surface area (Å²) >= 11 is 0. The van der Waals surface area contributed by atoms with E-state index in [9.17, 15) is 8.76 Å². The molecule has 0 fully saturated rings. The average molecular weight is 122 g/mol. The lowest BCUT2D eigenvalue weighted by Gasteiger charge is -1.86. The first-order valence-corrected chi connectivity index (χ1v) is 4.08. The summed E-state index contributed by atoms with van der Waals surface area (Å²) in [5, 5.41) is 0. The smallest absolute Gasteiger partial charge is 0.262 e. The summed E-state index contributed by atoms with van der Waals surface area (Å²) < 4.78 is 21.9. The zero-order valence-electron chi connectivity index (χ0n) is 4.39. The van der Waals surface area contributed by atoms with Crippen LogP contribution in [-0.4, -0.2) is 6.66 Å². The molecule has 0 aromatic rings. The van der Waals surface area contributed by atoms with Crippen LogP contribution in [0.1, 0.15) is 6.92 Å². The lowest BCUT2D eigenvalue weighted by atomic mass is 10.8. The Morgan fingerprint density at radius 1 is 1.71 bits per heavy atom. The Kier molecular flexibility index (Phi) is 2.24. The Bertz CT molecular complexity index is 113. The SMILES string of the molecule is CC=CP(C)(=O)F. The van der Waals surface area contributed by atoms with E-state index in [1.807, 2.05) is 0 Å². The fraction of sp³-hybridized carbons (Fsp3) is 0.500. The number of hydrogen-bond acceptors (Lipinski definition) is 1. The molecule has 0 rings (SSSR count). The van der Waals surface area contributed by atoms with Crippen LogP contribution in [0.5, 0.6) is 0 Å². The Morgan fingerprint density at radius 3 is 2.14 bits per heavy atom. The van der Waals surface area contributed by atoms with E-state index in [1.54, 1.807) is 6.92 Å². The van der Waals surface area contributed by atoms with Crippen LogP contribution in [0.25, 0.3) is 0 Å². The third-order valence-electron chi connectivity index (χ3n) is 0.415. The highest BCUT2D eigenvalue weighted by Gasteiger charge is 2.02. The largest absolute Gasteiger partial charge is 0.284 e. The molecule has 0 amide bonds. The van der Waals surface area contributed by atoms with Crippen molar-refractivity contribution in [2.75, 3.05) is 6.66 Å². The Hall–Kier alpha value is -0.100. The zero-order valence-corrected chi connectivity index (χ0v) is 5.28. The summed E-state index contributed by atoms with van der Waals surface area (Å²) in [5.74, 6) is 1.08. The van der Waals surface area contributed by atoms with Gasteiger partial charge in [0.1, 0.15) is 0 Å². The van der Waals surface area contributed by atoms with Crippen LogP contribution in [0.15, 0.2) is 11.9 Å². The van der Waals surface area contributed by atoms with Gasteiger partial charge in [-0.3, -0.25) is 4.57 Å². The van der Waals surface area contributed by atoms with Crippen LogP contribution in [-0.2, 0) is 4.57 Å². The fourth-order valence-corrected chi connectivity index (χ4v) is 0.799. The molecule has 0 heterocycles.